The highest BCUT2D eigenvalue weighted by Gasteiger charge is 2.25. The van der Waals surface area contributed by atoms with E-state index < -0.39 is 11.6 Å². The molecule has 3 rings (SSSR count). The molecule has 1 unspecified atom stereocenters. The maximum atomic E-state index is 13.2. The number of ether oxygens (including phenoxy) is 1. The Bertz CT molecular complexity index is 632. The zero-order valence-corrected chi connectivity index (χ0v) is 11.6. The third kappa shape index (κ3) is 3.25. The first kappa shape index (κ1) is 14.1. The summed E-state index contributed by atoms with van der Waals surface area (Å²) < 4.78 is 36.7. The summed E-state index contributed by atoms with van der Waals surface area (Å²) in [6, 6.07) is 3.95. The van der Waals surface area contributed by atoms with Gasteiger partial charge in [-0.05, 0) is 17.7 Å². The van der Waals surface area contributed by atoms with Crippen LogP contribution >= 0.6 is 0 Å². The highest BCUT2D eigenvalue weighted by atomic mass is 19.2. The van der Waals surface area contributed by atoms with Gasteiger partial charge in [0.25, 0.3) is 0 Å². The Morgan fingerprint density at radius 2 is 2.19 bits per heavy atom. The first-order valence-electron chi connectivity index (χ1n) is 6.70. The van der Waals surface area contributed by atoms with Crippen LogP contribution in [-0.2, 0) is 11.3 Å². The summed E-state index contributed by atoms with van der Waals surface area (Å²) >= 11 is 0. The van der Waals surface area contributed by atoms with Crippen LogP contribution in [0.5, 0.6) is 0 Å². The van der Waals surface area contributed by atoms with Crippen LogP contribution in [0.15, 0.2) is 22.7 Å². The van der Waals surface area contributed by atoms with E-state index in [0.717, 1.165) is 11.6 Å². The van der Waals surface area contributed by atoms with E-state index in [4.69, 9.17) is 9.26 Å². The molecule has 112 valence electrons. The molecule has 1 saturated heterocycles. The Labute approximate surface area is 120 Å². The van der Waals surface area contributed by atoms with Crippen molar-refractivity contribution in [3.63, 3.8) is 0 Å². The first-order valence-corrected chi connectivity index (χ1v) is 6.70. The molecule has 0 N–H and O–H groups in total. The molecule has 1 atom stereocenters. The van der Waals surface area contributed by atoms with Crippen molar-refractivity contribution < 1.29 is 18.0 Å². The molecule has 1 fully saturated rings. The lowest BCUT2D eigenvalue weighted by atomic mass is 10.1. The largest absolute Gasteiger partial charge is 0.367 e. The van der Waals surface area contributed by atoms with Crippen LogP contribution in [0.1, 0.15) is 23.4 Å². The summed E-state index contributed by atoms with van der Waals surface area (Å²) in [5.41, 5.74) is 0.721. The molecule has 2 heterocycles. The van der Waals surface area contributed by atoms with E-state index >= 15 is 0 Å². The third-order valence-corrected chi connectivity index (χ3v) is 3.37. The maximum Gasteiger partial charge on any atom is 0.223 e. The number of nitrogens with zero attached hydrogens (tertiary/aromatic N) is 3. The zero-order valence-electron chi connectivity index (χ0n) is 11.6. The van der Waals surface area contributed by atoms with Gasteiger partial charge < -0.3 is 9.26 Å². The SMILES string of the molecule is Cc1nc(C2CN(Cc3ccc(F)c(F)c3)CCO2)no1. The minimum atomic E-state index is -0.833. The van der Waals surface area contributed by atoms with Crippen molar-refractivity contribution >= 4 is 0 Å². The van der Waals surface area contributed by atoms with Crippen molar-refractivity contribution in [2.45, 2.75) is 19.6 Å². The van der Waals surface area contributed by atoms with Crippen LogP contribution in [0.25, 0.3) is 0 Å². The lowest BCUT2D eigenvalue weighted by Crippen LogP contribution is -2.38. The van der Waals surface area contributed by atoms with E-state index in [1.807, 2.05) is 0 Å². The molecular weight excluding hydrogens is 280 g/mol. The van der Waals surface area contributed by atoms with Crippen LogP contribution in [0.2, 0.25) is 0 Å². The Hall–Kier alpha value is -1.86. The van der Waals surface area contributed by atoms with Crippen molar-refractivity contribution in [2.24, 2.45) is 0 Å². The second-order valence-corrected chi connectivity index (χ2v) is 5.01. The molecule has 0 amide bonds. The summed E-state index contributed by atoms with van der Waals surface area (Å²) in [6.45, 7) is 4.07. The van der Waals surface area contributed by atoms with Gasteiger partial charge in [-0.2, -0.15) is 4.98 Å². The van der Waals surface area contributed by atoms with Crippen molar-refractivity contribution in [3.05, 3.63) is 47.1 Å². The molecule has 0 radical (unpaired) electrons. The Balaban J connectivity index is 1.67. The van der Waals surface area contributed by atoms with Crippen LogP contribution < -0.4 is 0 Å². The van der Waals surface area contributed by atoms with Gasteiger partial charge in [0.05, 0.1) is 6.61 Å². The number of rotatable bonds is 3. The van der Waals surface area contributed by atoms with Crippen LogP contribution in [-0.4, -0.2) is 34.7 Å². The average molecular weight is 295 g/mol. The Morgan fingerprint density at radius 1 is 1.33 bits per heavy atom. The van der Waals surface area contributed by atoms with Crippen molar-refractivity contribution in [3.8, 4) is 0 Å². The van der Waals surface area contributed by atoms with E-state index in [0.29, 0.717) is 38.0 Å². The fourth-order valence-electron chi connectivity index (χ4n) is 2.34. The maximum absolute atomic E-state index is 13.2. The summed E-state index contributed by atoms with van der Waals surface area (Å²) in [4.78, 5) is 6.25. The molecule has 21 heavy (non-hydrogen) atoms. The number of benzene rings is 1. The normalized spacial score (nSPS) is 19.9. The summed E-state index contributed by atoms with van der Waals surface area (Å²) in [5, 5.41) is 3.86. The van der Waals surface area contributed by atoms with Gasteiger partial charge in [-0.15, -0.1) is 0 Å². The number of hydrogen-bond donors (Lipinski definition) is 0. The fourth-order valence-corrected chi connectivity index (χ4v) is 2.34. The number of morpholine rings is 1. The van der Waals surface area contributed by atoms with Crippen LogP contribution in [0.3, 0.4) is 0 Å². The summed E-state index contributed by atoms with van der Waals surface area (Å²) in [7, 11) is 0. The van der Waals surface area contributed by atoms with Gasteiger partial charge in [0.15, 0.2) is 11.6 Å². The summed E-state index contributed by atoms with van der Waals surface area (Å²) in [5.74, 6) is -0.652. The van der Waals surface area contributed by atoms with E-state index in [9.17, 15) is 8.78 Å². The van der Waals surface area contributed by atoms with Crippen LogP contribution in [0, 0.1) is 18.6 Å². The van der Waals surface area contributed by atoms with Gasteiger partial charge in [0, 0.05) is 26.6 Å². The quantitative estimate of drug-likeness (QED) is 0.869. The standard InChI is InChI=1S/C14H15F2N3O2/c1-9-17-14(18-21-9)13-8-19(4-5-20-13)7-10-2-3-11(15)12(16)6-10/h2-3,6,13H,4-5,7-8H2,1H3. The number of halogens is 2. The van der Waals surface area contributed by atoms with E-state index in [-0.39, 0.29) is 6.10 Å². The van der Waals surface area contributed by atoms with Crippen LogP contribution in [0.4, 0.5) is 8.78 Å². The Morgan fingerprint density at radius 3 is 2.90 bits per heavy atom. The lowest BCUT2D eigenvalue weighted by Gasteiger charge is -2.31. The third-order valence-electron chi connectivity index (χ3n) is 3.37. The molecule has 7 heteroatoms. The Kier molecular flexibility index (Phi) is 3.94. The molecular formula is C14H15F2N3O2. The molecule has 0 bridgehead atoms. The molecule has 1 aliphatic heterocycles. The zero-order chi connectivity index (χ0) is 14.8. The molecule has 1 aromatic heterocycles. The van der Waals surface area contributed by atoms with Crippen molar-refractivity contribution in [1.82, 2.24) is 15.0 Å². The van der Waals surface area contributed by atoms with Gasteiger partial charge in [0.2, 0.25) is 11.7 Å². The predicted molar refractivity (Wildman–Crippen MR) is 69.4 cm³/mol. The molecule has 1 aromatic carbocycles. The second-order valence-electron chi connectivity index (χ2n) is 5.01. The molecule has 0 spiro atoms. The van der Waals surface area contributed by atoms with E-state index in [2.05, 4.69) is 15.0 Å². The highest BCUT2D eigenvalue weighted by molar-refractivity contribution is 5.17. The molecule has 0 saturated carbocycles. The van der Waals surface area contributed by atoms with Gasteiger partial charge in [-0.1, -0.05) is 11.2 Å². The average Bonchev–Trinajstić information content (AvgIpc) is 2.90. The minimum absolute atomic E-state index is 0.263. The predicted octanol–water partition coefficient (Wildman–Crippen LogP) is 2.23. The monoisotopic (exact) mass is 295 g/mol. The van der Waals surface area contributed by atoms with Gasteiger partial charge in [0.1, 0.15) is 6.10 Å². The first-order chi connectivity index (χ1) is 10.1. The lowest BCUT2D eigenvalue weighted by molar-refractivity contribution is -0.0380. The van der Waals surface area contributed by atoms with Gasteiger partial charge in [-0.25, -0.2) is 8.78 Å². The van der Waals surface area contributed by atoms with Gasteiger partial charge in [-0.3, -0.25) is 4.90 Å². The van der Waals surface area contributed by atoms with Crippen molar-refractivity contribution in [1.29, 1.82) is 0 Å². The van der Waals surface area contributed by atoms with Gasteiger partial charge >= 0.3 is 0 Å². The molecule has 1 aliphatic rings. The van der Waals surface area contributed by atoms with E-state index in [1.165, 1.54) is 6.07 Å². The topological polar surface area (TPSA) is 51.4 Å². The fraction of sp³-hybridized carbons (Fsp3) is 0.429. The smallest absolute Gasteiger partial charge is 0.223 e. The minimum Gasteiger partial charge on any atom is -0.367 e. The van der Waals surface area contributed by atoms with E-state index in [1.54, 1.807) is 13.0 Å². The second kappa shape index (κ2) is 5.87. The van der Waals surface area contributed by atoms with Crippen molar-refractivity contribution in [2.75, 3.05) is 19.7 Å². The highest BCUT2D eigenvalue weighted by Crippen LogP contribution is 2.21. The number of aromatic nitrogens is 2. The molecule has 5 nitrogen and oxygen atoms in total. The number of aryl methyl sites for hydroxylation is 1. The molecule has 0 aliphatic carbocycles. The number of hydrogen-bond acceptors (Lipinski definition) is 5. The molecule has 2 aromatic rings. The summed E-state index contributed by atoms with van der Waals surface area (Å²) in [6.07, 6.45) is -0.263.